The third kappa shape index (κ3) is 4.20. The molecule has 140 valence electrons. The molecule has 0 atom stereocenters. The highest BCUT2D eigenvalue weighted by atomic mass is 35.5. The van der Waals surface area contributed by atoms with E-state index in [2.05, 4.69) is 10.9 Å². The molecule has 1 heterocycles. The van der Waals surface area contributed by atoms with Crippen LogP contribution in [-0.4, -0.2) is 31.4 Å². The van der Waals surface area contributed by atoms with Crippen LogP contribution in [0.5, 0.6) is 5.75 Å². The van der Waals surface area contributed by atoms with Crippen LogP contribution in [0.4, 0.5) is 5.69 Å². The molecule has 7 nitrogen and oxygen atoms in total. The van der Waals surface area contributed by atoms with Gasteiger partial charge < -0.3 is 9.64 Å². The fraction of sp³-hybridized carbons (Fsp3) is 0.211. The molecule has 2 aromatic rings. The third-order valence-electron chi connectivity index (χ3n) is 4.21. The molecule has 8 heteroatoms. The van der Waals surface area contributed by atoms with Gasteiger partial charge in [-0.2, -0.15) is 0 Å². The van der Waals surface area contributed by atoms with Crippen LogP contribution in [0.25, 0.3) is 0 Å². The Morgan fingerprint density at radius 1 is 1.07 bits per heavy atom. The number of amides is 3. The van der Waals surface area contributed by atoms with Crippen molar-refractivity contribution in [3.05, 3.63) is 58.6 Å². The number of rotatable bonds is 4. The number of halogens is 1. The number of nitrogens with zero attached hydrogens (tertiary/aromatic N) is 1. The molecule has 1 fully saturated rings. The lowest BCUT2D eigenvalue weighted by Crippen LogP contribution is -2.41. The van der Waals surface area contributed by atoms with E-state index in [0.717, 1.165) is 12.1 Å². The molecule has 1 aliphatic heterocycles. The Labute approximate surface area is 161 Å². The van der Waals surface area contributed by atoms with E-state index >= 15 is 0 Å². The van der Waals surface area contributed by atoms with E-state index in [4.69, 9.17) is 16.3 Å². The van der Waals surface area contributed by atoms with Gasteiger partial charge in [-0.05, 0) is 48.9 Å². The molecular formula is C19H18ClN3O4. The first-order valence-electron chi connectivity index (χ1n) is 8.34. The molecule has 0 spiro atoms. The summed E-state index contributed by atoms with van der Waals surface area (Å²) in [6.07, 6.45) is 1.38. The SMILES string of the molecule is COc1ccc(Cl)cc1C(=O)NNC(=O)c1ccc(N2CCCC2=O)cc1. The summed E-state index contributed by atoms with van der Waals surface area (Å²) in [5.74, 6) is -0.619. The lowest BCUT2D eigenvalue weighted by Gasteiger charge is -2.16. The van der Waals surface area contributed by atoms with Gasteiger partial charge in [-0.25, -0.2) is 0 Å². The van der Waals surface area contributed by atoms with Crippen molar-refractivity contribution in [2.45, 2.75) is 12.8 Å². The summed E-state index contributed by atoms with van der Waals surface area (Å²) in [7, 11) is 1.44. The second-order valence-corrected chi connectivity index (χ2v) is 6.39. The molecule has 1 saturated heterocycles. The van der Waals surface area contributed by atoms with Crippen LogP contribution in [0.3, 0.4) is 0 Å². The average Bonchev–Trinajstić information content (AvgIpc) is 3.11. The molecule has 2 aromatic carbocycles. The maximum atomic E-state index is 12.3. The number of hydrazine groups is 1. The molecule has 0 bridgehead atoms. The molecule has 0 aliphatic carbocycles. The van der Waals surface area contributed by atoms with Gasteiger partial charge in [0.2, 0.25) is 5.91 Å². The number of carbonyl (C=O) groups excluding carboxylic acids is 3. The van der Waals surface area contributed by atoms with Crippen LogP contribution in [-0.2, 0) is 4.79 Å². The average molecular weight is 388 g/mol. The van der Waals surface area contributed by atoms with E-state index in [1.54, 1.807) is 41.3 Å². The summed E-state index contributed by atoms with van der Waals surface area (Å²) in [6.45, 7) is 0.682. The van der Waals surface area contributed by atoms with E-state index in [1.165, 1.54) is 13.2 Å². The molecule has 2 N–H and O–H groups in total. The topological polar surface area (TPSA) is 87.7 Å². The maximum Gasteiger partial charge on any atom is 0.273 e. The van der Waals surface area contributed by atoms with Crippen molar-refractivity contribution in [3.63, 3.8) is 0 Å². The van der Waals surface area contributed by atoms with Gasteiger partial charge >= 0.3 is 0 Å². The maximum absolute atomic E-state index is 12.3. The second kappa shape index (κ2) is 8.09. The smallest absolute Gasteiger partial charge is 0.273 e. The number of carbonyl (C=O) groups is 3. The van der Waals surface area contributed by atoms with E-state index in [9.17, 15) is 14.4 Å². The molecule has 0 radical (unpaired) electrons. The standard InChI is InChI=1S/C19H18ClN3O4/c1-27-16-9-6-13(20)11-15(16)19(26)22-21-18(25)12-4-7-14(8-5-12)23-10-2-3-17(23)24/h4-9,11H,2-3,10H2,1H3,(H,21,25)(H,22,26). The Balaban J connectivity index is 1.63. The predicted octanol–water partition coefficient (Wildman–Crippen LogP) is 2.55. The van der Waals surface area contributed by atoms with Gasteiger partial charge in [0.15, 0.2) is 0 Å². The monoisotopic (exact) mass is 387 g/mol. The minimum atomic E-state index is -0.554. The highest BCUT2D eigenvalue weighted by Gasteiger charge is 2.21. The lowest BCUT2D eigenvalue weighted by molar-refractivity contribution is -0.117. The van der Waals surface area contributed by atoms with E-state index < -0.39 is 11.8 Å². The van der Waals surface area contributed by atoms with Crippen LogP contribution < -0.4 is 20.5 Å². The lowest BCUT2D eigenvalue weighted by atomic mass is 10.2. The Bertz CT molecular complexity index is 883. The summed E-state index contributed by atoms with van der Waals surface area (Å²) in [4.78, 5) is 38.0. The third-order valence-corrected chi connectivity index (χ3v) is 4.45. The summed E-state index contributed by atoms with van der Waals surface area (Å²) in [6, 6.07) is 11.2. The Morgan fingerprint density at radius 3 is 2.41 bits per heavy atom. The molecule has 1 aliphatic rings. The Kier molecular flexibility index (Phi) is 5.61. The molecular weight excluding hydrogens is 370 g/mol. The van der Waals surface area contributed by atoms with Crippen LogP contribution in [0, 0.1) is 0 Å². The largest absolute Gasteiger partial charge is 0.496 e. The normalized spacial score (nSPS) is 13.4. The van der Waals surface area contributed by atoms with Gasteiger partial charge in [0.05, 0.1) is 12.7 Å². The second-order valence-electron chi connectivity index (χ2n) is 5.95. The highest BCUT2D eigenvalue weighted by molar-refractivity contribution is 6.31. The van der Waals surface area contributed by atoms with Gasteiger partial charge in [-0.1, -0.05) is 11.6 Å². The molecule has 27 heavy (non-hydrogen) atoms. The molecule has 3 rings (SSSR count). The van der Waals surface area contributed by atoms with Gasteiger partial charge in [-0.3, -0.25) is 25.2 Å². The fourth-order valence-corrected chi connectivity index (χ4v) is 3.00. The highest BCUT2D eigenvalue weighted by Crippen LogP contribution is 2.23. The summed E-state index contributed by atoms with van der Waals surface area (Å²) in [5, 5.41) is 0.374. The number of benzene rings is 2. The van der Waals surface area contributed by atoms with Crippen LogP contribution in [0.2, 0.25) is 5.02 Å². The first kappa shape index (κ1) is 18.7. The number of anilines is 1. The zero-order valence-corrected chi connectivity index (χ0v) is 15.4. The van der Waals surface area contributed by atoms with Crippen molar-refractivity contribution in [1.29, 1.82) is 0 Å². The van der Waals surface area contributed by atoms with Crippen molar-refractivity contribution < 1.29 is 19.1 Å². The number of nitrogens with one attached hydrogen (secondary N) is 2. The first-order chi connectivity index (χ1) is 13.0. The van der Waals surface area contributed by atoms with E-state index in [-0.39, 0.29) is 11.5 Å². The van der Waals surface area contributed by atoms with Crippen LogP contribution in [0.15, 0.2) is 42.5 Å². The minimum Gasteiger partial charge on any atom is -0.496 e. The fourth-order valence-electron chi connectivity index (χ4n) is 2.82. The van der Waals surface area contributed by atoms with E-state index in [0.29, 0.717) is 29.3 Å². The predicted molar refractivity (Wildman–Crippen MR) is 101 cm³/mol. The summed E-state index contributed by atoms with van der Waals surface area (Å²) >= 11 is 5.90. The van der Waals surface area contributed by atoms with Crippen LogP contribution >= 0.6 is 11.6 Å². The summed E-state index contributed by atoms with van der Waals surface area (Å²) in [5.41, 5.74) is 5.99. The number of hydrogen-bond donors (Lipinski definition) is 2. The first-order valence-corrected chi connectivity index (χ1v) is 8.72. The van der Waals surface area contributed by atoms with Crippen molar-refractivity contribution in [1.82, 2.24) is 10.9 Å². The van der Waals surface area contributed by atoms with Crippen molar-refractivity contribution in [2.75, 3.05) is 18.6 Å². The zero-order chi connectivity index (χ0) is 19.4. The van der Waals surface area contributed by atoms with Crippen molar-refractivity contribution >= 4 is 35.0 Å². The van der Waals surface area contributed by atoms with Gasteiger partial charge in [0, 0.05) is 29.2 Å². The molecule has 0 aromatic heterocycles. The van der Waals surface area contributed by atoms with Gasteiger partial charge in [0.25, 0.3) is 11.8 Å². The number of methoxy groups -OCH3 is 1. The minimum absolute atomic E-state index is 0.0786. The molecule has 3 amide bonds. The van der Waals surface area contributed by atoms with Crippen molar-refractivity contribution in [3.8, 4) is 5.75 Å². The van der Waals surface area contributed by atoms with Crippen molar-refractivity contribution in [2.24, 2.45) is 0 Å². The molecule has 0 unspecified atom stereocenters. The van der Waals surface area contributed by atoms with Crippen LogP contribution in [0.1, 0.15) is 33.6 Å². The summed E-state index contributed by atoms with van der Waals surface area (Å²) < 4.78 is 5.12. The Hall–Kier alpha value is -3.06. The number of hydrogen-bond acceptors (Lipinski definition) is 4. The van der Waals surface area contributed by atoms with E-state index in [1.807, 2.05) is 0 Å². The van der Waals surface area contributed by atoms with Gasteiger partial charge in [0.1, 0.15) is 5.75 Å². The Morgan fingerprint density at radius 2 is 1.78 bits per heavy atom. The quantitative estimate of drug-likeness (QED) is 0.789. The zero-order valence-electron chi connectivity index (χ0n) is 14.6. The van der Waals surface area contributed by atoms with Gasteiger partial charge in [-0.15, -0.1) is 0 Å². The molecule has 0 saturated carbocycles. The number of ether oxygens (including phenoxy) is 1.